The van der Waals surface area contributed by atoms with Crippen LogP contribution in [0.3, 0.4) is 0 Å². The predicted octanol–water partition coefficient (Wildman–Crippen LogP) is 4.39. The van der Waals surface area contributed by atoms with E-state index in [1.165, 1.54) is 12.8 Å². The molecule has 0 saturated carbocycles. The van der Waals surface area contributed by atoms with E-state index < -0.39 is 0 Å². The molecule has 102 valence electrons. The zero-order valence-electron chi connectivity index (χ0n) is 11.6. The van der Waals surface area contributed by atoms with Gasteiger partial charge in [-0.1, -0.05) is 22.0 Å². The number of benzene rings is 1. The number of hydrogen-bond acceptors (Lipinski definition) is 2. The minimum absolute atomic E-state index is 0.229. The fourth-order valence-electron chi connectivity index (χ4n) is 1.61. The van der Waals surface area contributed by atoms with Gasteiger partial charge in [0.05, 0.1) is 6.61 Å². The molecule has 2 nitrogen and oxygen atoms in total. The lowest BCUT2D eigenvalue weighted by Gasteiger charge is -2.20. The summed E-state index contributed by atoms with van der Waals surface area (Å²) >= 11 is 3.44. The number of hydrogen-bond donors (Lipinski definition) is 1. The summed E-state index contributed by atoms with van der Waals surface area (Å²) in [6, 6.07) is 7.99. The van der Waals surface area contributed by atoms with Gasteiger partial charge in [-0.15, -0.1) is 0 Å². The first-order valence-electron chi connectivity index (χ1n) is 6.61. The summed E-state index contributed by atoms with van der Waals surface area (Å²) in [6.45, 7) is 8.47. The Bertz CT molecular complexity index is 347. The van der Waals surface area contributed by atoms with Crippen molar-refractivity contribution in [1.29, 1.82) is 0 Å². The third kappa shape index (κ3) is 7.72. The Balaban J connectivity index is 2.02. The number of halogens is 1. The molecule has 0 amide bonds. The van der Waals surface area contributed by atoms with Crippen molar-refractivity contribution in [3.05, 3.63) is 28.7 Å². The molecule has 0 aliphatic heterocycles. The summed E-state index contributed by atoms with van der Waals surface area (Å²) in [5, 5.41) is 3.49. The fourth-order valence-corrected chi connectivity index (χ4v) is 1.99. The van der Waals surface area contributed by atoms with Gasteiger partial charge in [0.2, 0.25) is 0 Å². The lowest BCUT2D eigenvalue weighted by molar-refractivity contribution is 0.303. The first kappa shape index (κ1) is 15.5. The highest BCUT2D eigenvalue weighted by Crippen LogP contribution is 2.17. The van der Waals surface area contributed by atoms with Gasteiger partial charge in [-0.3, -0.25) is 0 Å². The van der Waals surface area contributed by atoms with Crippen LogP contribution in [0.2, 0.25) is 0 Å². The molecule has 0 saturated heterocycles. The molecule has 0 heterocycles. The van der Waals surface area contributed by atoms with Gasteiger partial charge >= 0.3 is 0 Å². The Labute approximate surface area is 119 Å². The lowest BCUT2D eigenvalue weighted by Crippen LogP contribution is -2.36. The van der Waals surface area contributed by atoms with E-state index in [9.17, 15) is 0 Å². The molecule has 0 atom stereocenters. The SMILES string of the molecule is CC(C)(C)NCCCCCOc1cccc(Br)c1. The van der Waals surface area contributed by atoms with Crippen molar-refractivity contribution < 1.29 is 4.74 Å². The Hall–Kier alpha value is -0.540. The summed E-state index contributed by atoms with van der Waals surface area (Å²) in [4.78, 5) is 0. The van der Waals surface area contributed by atoms with E-state index in [0.29, 0.717) is 0 Å². The smallest absolute Gasteiger partial charge is 0.120 e. The van der Waals surface area contributed by atoms with Crippen LogP contribution in [-0.2, 0) is 0 Å². The molecule has 0 aromatic heterocycles. The zero-order chi connectivity index (χ0) is 13.4. The van der Waals surface area contributed by atoms with E-state index >= 15 is 0 Å². The molecule has 0 aliphatic carbocycles. The van der Waals surface area contributed by atoms with Crippen LogP contribution in [0.25, 0.3) is 0 Å². The maximum absolute atomic E-state index is 5.68. The van der Waals surface area contributed by atoms with E-state index in [1.807, 2.05) is 24.3 Å². The van der Waals surface area contributed by atoms with Crippen molar-refractivity contribution in [1.82, 2.24) is 5.32 Å². The monoisotopic (exact) mass is 313 g/mol. The molecule has 1 rings (SSSR count). The average molecular weight is 314 g/mol. The average Bonchev–Trinajstić information content (AvgIpc) is 2.26. The highest BCUT2D eigenvalue weighted by Gasteiger charge is 2.06. The van der Waals surface area contributed by atoms with Crippen LogP contribution in [0, 0.1) is 0 Å². The Kier molecular flexibility index (Phi) is 6.72. The highest BCUT2D eigenvalue weighted by molar-refractivity contribution is 9.10. The Morgan fingerprint density at radius 2 is 1.94 bits per heavy atom. The molecule has 0 unspecified atom stereocenters. The van der Waals surface area contributed by atoms with Crippen LogP contribution in [0.15, 0.2) is 28.7 Å². The number of nitrogens with one attached hydrogen (secondary N) is 1. The Morgan fingerprint density at radius 3 is 2.61 bits per heavy atom. The van der Waals surface area contributed by atoms with Gasteiger partial charge in [-0.05, 0) is 64.8 Å². The van der Waals surface area contributed by atoms with Crippen LogP contribution in [0.4, 0.5) is 0 Å². The predicted molar refractivity (Wildman–Crippen MR) is 81.2 cm³/mol. The van der Waals surface area contributed by atoms with Gasteiger partial charge < -0.3 is 10.1 Å². The van der Waals surface area contributed by atoms with Gasteiger partial charge in [0, 0.05) is 10.0 Å². The highest BCUT2D eigenvalue weighted by atomic mass is 79.9. The second kappa shape index (κ2) is 7.80. The third-order valence-corrected chi connectivity index (χ3v) is 3.03. The second-order valence-electron chi connectivity index (χ2n) is 5.54. The van der Waals surface area contributed by atoms with Crippen LogP contribution in [-0.4, -0.2) is 18.7 Å². The third-order valence-electron chi connectivity index (χ3n) is 2.54. The largest absolute Gasteiger partial charge is 0.494 e. The summed E-state index contributed by atoms with van der Waals surface area (Å²) in [5.41, 5.74) is 0.229. The van der Waals surface area contributed by atoms with E-state index in [2.05, 4.69) is 42.0 Å². The molecule has 1 aromatic rings. The molecular formula is C15H24BrNO. The number of unbranched alkanes of at least 4 members (excludes halogenated alkanes) is 2. The molecule has 0 bridgehead atoms. The first-order chi connectivity index (χ1) is 8.47. The Morgan fingerprint density at radius 1 is 1.17 bits per heavy atom. The van der Waals surface area contributed by atoms with E-state index in [1.54, 1.807) is 0 Å². The molecule has 1 N–H and O–H groups in total. The molecule has 1 aromatic carbocycles. The number of rotatable bonds is 7. The van der Waals surface area contributed by atoms with E-state index in [0.717, 1.165) is 29.8 Å². The van der Waals surface area contributed by atoms with Gasteiger partial charge in [-0.2, -0.15) is 0 Å². The van der Waals surface area contributed by atoms with Crippen molar-refractivity contribution in [2.24, 2.45) is 0 Å². The molecule has 0 spiro atoms. The van der Waals surface area contributed by atoms with Crippen molar-refractivity contribution in [2.45, 2.75) is 45.6 Å². The molecule has 0 radical (unpaired) electrons. The zero-order valence-corrected chi connectivity index (χ0v) is 13.2. The van der Waals surface area contributed by atoms with E-state index in [-0.39, 0.29) is 5.54 Å². The van der Waals surface area contributed by atoms with Crippen LogP contribution >= 0.6 is 15.9 Å². The minimum atomic E-state index is 0.229. The molecule has 18 heavy (non-hydrogen) atoms. The lowest BCUT2D eigenvalue weighted by atomic mass is 10.1. The van der Waals surface area contributed by atoms with Crippen LogP contribution in [0.1, 0.15) is 40.0 Å². The maximum atomic E-state index is 5.68. The van der Waals surface area contributed by atoms with Crippen molar-refractivity contribution in [3.63, 3.8) is 0 Å². The topological polar surface area (TPSA) is 21.3 Å². The first-order valence-corrected chi connectivity index (χ1v) is 7.40. The number of ether oxygens (including phenoxy) is 1. The summed E-state index contributed by atoms with van der Waals surface area (Å²) in [7, 11) is 0. The van der Waals surface area contributed by atoms with Crippen molar-refractivity contribution in [2.75, 3.05) is 13.2 Å². The standard InChI is InChI=1S/C15H24BrNO/c1-15(2,3)17-10-5-4-6-11-18-14-9-7-8-13(16)12-14/h7-9,12,17H,4-6,10-11H2,1-3H3. The summed E-state index contributed by atoms with van der Waals surface area (Å²) in [6.07, 6.45) is 3.52. The molecular weight excluding hydrogens is 290 g/mol. The summed E-state index contributed by atoms with van der Waals surface area (Å²) < 4.78 is 6.75. The molecule has 0 fully saturated rings. The van der Waals surface area contributed by atoms with Gasteiger partial charge in [0.15, 0.2) is 0 Å². The van der Waals surface area contributed by atoms with Crippen LogP contribution in [0.5, 0.6) is 5.75 Å². The molecule has 0 aliphatic rings. The van der Waals surface area contributed by atoms with E-state index in [4.69, 9.17) is 4.74 Å². The second-order valence-corrected chi connectivity index (χ2v) is 6.46. The van der Waals surface area contributed by atoms with Crippen LogP contribution < -0.4 is 10.1 Å². The van der Waals surface area contributed by atoms with Gasteiger partial charge in [0.25, 0.3) is 0 Å². The minimum Gasteiger partial charge on any atom is -0.494 e. The normalized spacial score (nSPS) is 11.6. The van der Waals surface area contributed by atoms with Gasteiger partial charge in [0.1, 0.15) is 5.75 Å². The fraction of sp³-hybridized carbons (Fsp3) is 0.600. The molecule has 3 heteroatoms. The summed E-state index contributed by atoms with van der Waals surface area (Å²) in [5.74, 6) is 0.942. The van der Waals surface area contributed by atoms with Crippen molar-refractivity contribution in [3.8, 4) is 5.75 Å². The van der Waals surface area contributed by atoms with Gasteiger partial charge in [-0.25, -0.2) is 0 Å². The van der Waals surface area contributed by atoms with Crippen molar-refractivity contribution >= 4 is 15.9 Å². The quantitative estimate of drug-likeness (QED) is 0.754. The maximum Gasteiger partial charge on any atom is 0.120 e.